The standard InChI is InChI=1S/C14H17FN2O/c1-18-14-5-4-11(15)7-12(14)13(8-16)10-3-2-6-17-9-10/h4-5,7,10,13,17H,2-3,6,9H2,1H3. The average molecular weight is 248 g/mol. The van der Waals surface area contributed by atoms with Crippen LogP contribution in [0.15, 0.2) is 18.2 Å². The maximum Gasteiger partial charge on any atom is 0.123 e. The van der Waals surface area contributed by atoms with Crippen LogP contribution in [0.25, 0.3) is 0 Å². The molecule has 1 fully saturated rings. The van der Waals surface area contributed by atoms with Gasteiger partial charge in [-0.25, -0.2) is 4.39 Å². The molecule has 4 heteroatoms. The fourth-order valence-electron chi connectivity index (χ4n) is 2.54. The van der Waals surface area contributed by atoms with Gasteiger partial charge in [0, 0.05) is 5.56 Å². The van der Waals surface area contributed by atoms with E-state index < -0.39 is 0 Å². The zero-order valence-electron chi connectivity index (χ0n) is 10.4. The zero-order chi connectivity index (χ0) is 13.0. The number of nitrogens with one attached hydrogen (secondary N) is 1. The summed E-state index contributed by atoms with van der Waals surface area (Å²) >= 11 is 0. The number of rotatable bonds is 3. The Kier molecular flexibility index (Phi) is 4.16. The van der Waals surface area contributed by atoms with Gasteiger partial charge in [0.2, 0.25) is 0 Å². The average Bonchev–Trinajstić information content (AvgIpc) is 2.41. The molecule has 2 unspecified atom stereocenters. The summed E-state index contributed by atoms with van der Waals surface area (Å²) in [5.74, 6) is 0.172. The van der Waals surface area contributed by atoms with E-state index in [9.17, 15) is 9.65 Å². The van der Waals surface area contributed by atoms with E-state index in [0.717, 1.165) is 25.9 Å². The van der Waals surface area contributed by atoms with Gasteiger partial charge in [0.25, 0.3) is 0 Å². The third-order valence-corrected chi connectivity index (χ3v) is 3.47. The van der Waals surface area contributed by atoms with Crippen molar-refractivity contribution in [3.05, 3.63) is 29.6 Å². The molecule has 0 bridgehead atoms. The molecular weight excluding hydrogens is 231 g/mol. The predicted molar refractivity (Wildman–Crippen MR) is 66.9 cm³/mol. The Morgan fingerprint density at radius 1 is 1.56 bits per heavy atom. The first kappa shape index (κ1) is 12.8. The summed E-state index contributed by atoms with van der Waals surface area (Å²) in [5, 5.41) is 12.7. The molecule has 1 aromatic carbocycles. The van der Waals surface area contributed by atoms with Crippen LogP contribution in [0.3, 0.4) is 0 Å². The van der Waals surface area contributed by atoms with Gasteiger partial charge >= 0.3 is 0 Å². The van der Waals surface area contributed by atoms with Gasteiger partial charge in [-0.15, -0.1) is 0 Å². The van der Waals surface area contributed by atoms with Gasteiger partial charge in [0.15, 0.2) is 0 Å². The van der Waals surface area contributed by atoms with Crippen molar-refractivity contribution in [1.82, 2.24) is 5.32 Å². The highest BCUT2D eigenvalue weighted by Gasteiger charge is 2.27. The molecule has 1 aliphatic rings. The molecular formula is C14H17FN2O. The molecule has 1 heterocycles. The predicted octanol–water partition coefficient (Wildman–Crippen LogP) is 2.44. The number of piperidine rings is 1. The van der Waals surface area contributed by atoms with E-state index in [1.54, 1.807) is 13.2 Å². The molecule has 1 aromatic rings. The molecule has 0 spiro atoms. The second-order valence-corrected chi connectivity index (χ2v) is 4.60. The summed E-state index contributed by atoms with van der Waals surface area (Å²) in [7, 11) is 1.55. The molecule has 0 saturated carbocycles. The van der Waals surface area contributed by atoms with Gasteiger partial charge in [-0.05, 0) is 50.0 Å². The highest BCUT2D eigenvalue weighted by atomic mass is 19.1. The van der Waals surface area contributed by atoms with Gasteiger partial charge in [-0.1, -0.05) is 0 Å². The summed E-state index contributed by atoms with van der Waals surface area (Å²) in [6, 6.07) is 6.67. The maximum atomic E-state index is 13.4. The molecule has 1 saturated heterocycles. The van der Waals surface area contributed by atoms with Gasteiger partial charge in [0.1, 0.15) is 11.6 Å². The lowest BCUT2D eigenvalue weighted by atomic mass is 9.82. The van der Waals surface area contributed by atoms with E-state index in [2.05, 4.69) is 11.4 Å². The van der Waals surface area contributed by atoms with Crippen molar-refractivity contribution in [3.63, 3.8) is 0 Å². The summed E-state index contributed by atoms with van der Waals surface area (Å²) in [5.41, 5.74) is 0.661. The van der Waals surface area contributed by atoms with Crippen LogP contribution in [-0.2, 0) is 0 Å². The zero-order valence-corrected chi connectivity index (χ0v) is 10.4. The van der Waals surface area contributed by atoms with Crippen LogP contribution < -0.4 is 10.1 Å². The molecule has 3 nitrogen and oxygen atoms in total. The van der Waals surface area contributed by atoms with Crippen molar-refractivity contribution in [3.8, 4) is 11.8 Å². The number of hydrogen-bond acceptors (Lipinski definition) is 3. The minimum absolute atomic E-state index is 0.222. The lowest BCUT2D eigenvalue weighted by Gasteiger charge is -2.27. The molecule has 0 radical (unpaired) electrons. The largest absolute Gasteiger partial charge is 0.496 e. The van der Waals surface area contributed by atoms with Crippen molar-refractivity contribution in [2.24, 2.45) is 5.92 Å². The fraction of sp³-hybridized carbons (Fsp3) is 0.500. The summed E-state index contributed by atoms with van der Waals surface area (Å²) in [6.45, 7) is 1.80. The maximum absolute atomic E-state index is 13.4. The van der Waals surface area contributed by atoms with Gasteiger partial charge in [-0.3, -0.25) is 0 Å². The molecule has 0 amide bonds. The number of nitrogens with zero attached hydrogens (tertiary/aromatic N) is 1. The van der Waals surface area contributed by atoms with Crippen LogP contribution >= 0.6 is 0 Å². The molecule has 96 valence electrons. The lowest BCUT2D eigenvalue weighted by Crippen LogP contribution is -2.33. The third kappa shape index (κ3) is 2.62. The first-order valence-corrected chi connectivity index (χ1v) is 6.20. The van der Waals surface area contributed by atoms with Gasteiger partial charge < -0.3 is 10.1 Å². The Morgan fingerprint density at radius 2 is 2.39 bits per heavy atom. The first-order valence-electron chi connectivity index (χ1n) is 6.20. The van der Waals surface area contributed by atoms with E-state index >= 15 is 0 Å². The van der Waals surface area contributed by atoms with Crippen LogP contribution in [0, 0.1) is 23.1 Å². The fourth-order valence-corrected chi connectivity index (χ4v) is 2.54. The van der Waals surface area contributed by atoms with Crippen LogP contribution in [-0.4, -0.2) is 20.2 Å². The molecule has 0 aromatic heterocycles. The SMILES string of the molecule is COc1ccc(F)cc1C(C#N)C1CCCNC1. The van der Waals surface area contributed by atoms with Gasteiger partial charge in [0.05, 0.1) is 19.1 Å². The summed E-state index contributed by atoms with van der Waals surface area (Å²) < 4.78 is 18.6. The number of ether oxygens (including phenoxy) is 1. The summed E-state index contributed by atoms with van der Waals surface area (Å²) in [4.78, 5) is 0. The van der Waals surface area contributed by atoms with Crippen LogP contribution in [0.2, 0.25) is 0 Å². The third-order valence-electron chi connectivity index (χ3n) is 3.47. The van der Waals surface area contributed by atoms with Crippen molar-refractivity contribution in [1.29, 1.82) is 5.26 Å². The Labute approximate surface area is 107 Å². The van der Waals surface area contributed by atoms with E-state index in [0.29, 0.717) is 11.3 Å². The van der Waals surface area contributed by atoms with Crippen LogP contribution in [0.4, 0.5) is 4.39 Å². The number of halogens is 1. The Morgan fingerprint density at radius 3 is 3.00 bits per heavy atom. The second-order valence-electron chi connectivity index (χ2n) is 4.60. The smallest absolute Gasteiger partial charge is 0.123 e. The van der Waals surface area contributed by atoms with Crippen molar-refractivity contribution in [2.75, 3.05) is 20.2 Å². The quantitative estimate of drug-likeness (QED) is 0.893. The molecule has 0 aliphatic carbocycles. The van der Waals surface area contributed by atoms with E-state index in [1.165, 1.54) is 12.1 Å². The number of nitriles is 1. The van der Waals surface area contributed by atoms with E-state index in [4.69, 9.17) is 4.74 Å². The normalized spacial score (nSPS) is 21.1. The topological polar surface area (TPSA) is 45.0 Å². The molecule has 1 N–H and O–H groups in total. The number of benzene rings is 1. The van der Waals surface area contributed by atoms with Crippen LogP contribution in [0.1, 0.15) is 24.3 Å². The van der Waals surface area contributed by atoms with E-state index in [-0.39, 0.29) is 17.7 Å². The molecule has 2 atom stereocenters. The van der Waals surface area contributed by atoms with Gasteiger partial charge in [-0.2, -0.15) is 5.26 Å². The Bertz CT molecular complexity index is 450. The van der Waals surface area contributed by atoms with Crippen molar-refractivity contribution in [2.45, 2.75) is 18.8 Å². The minimum Gasteiger partial charge on any atom is -0.496 e. The monoisotopic (exact) mass is 248 g/mol. The van der Waals surface area contributed by atoms with Crippen molar-refractivity contribution >= 4 is 0 Å². The lowest BCUT2D eigenvalue weighted by molar-refractivity contribution is 0.343. The Balaban J connectivity index is 2.31. The minimum atomic E-state index is -0.324. The Hall–Kier alpha value is -1.60. The van der Waals surface area contributed by atoms with E-state index in [1.807, 2.05) is 0 Å². The highest BCUT2D eigenvalue weighted by molar-refractivity contribution is 5.40. The van der Waals surface area contributed by atoms with Crippen molar-refractivity contribution < 1.29 is 9.13 Å². The first-order chi connectivity index (χ1) is 8.76. The molecule has 2 rings (SSSR count). The molecule has 18 heavy (non-hydrogen) atoms. The number of hydrogen-bond donors (Lipinski definition) is 1. The number of methoxy groups -OCH3 is 1. The molecule has 1 aliphatic heterocycles. The highest BCUT2D eigenvalue weighted by Crippen LogP contribution is 2.34. The second kappa shape index (κ2) is 5.83. The summed E-state index contributed by atoms with van der Waals surface area (Å²) in [6.07, 6.45) is 2.05. The van der Waals surface area contributed by atoms with Crippen LogP contribution in [0.5, 0.6) is 5.75 Å².